The van der Waals surface area contributed by atoms with E-state index in [1.807, 2.05) is 31.2 Å². The fraction of sp³-hybridized carbons (Fsp3) is 0.0588. The second kappa shape index (κ2) is 6.95. The van der Waals surface area contributed by atoms with E-state index in [1.54, 1.807) is 18.2 Å². The standard InChI is InChI=1S/C17H15Cl2N5/c1-10-4-2-3-5-14(10)24-17-15(20)16(21-9-22-17)23-11-6-7-12(18)13(19)8-11/h2-9H,20H2,1H3,(H2,21,22,23,24). The molecule has 0 spiro atoms. The quantitative estimate of drug-likeness (QED) is 0.599. The van der Waals surface area contributed by atoms with Crippen LogP contribution in [-0.4, -0.2) is 9.97 Å². The number of aromatic nitrogens is 2. The van der Waals surface area contributed by atoms with Crippen molar-refractivity contribution in [2.45, 2.75) is 6.92 Å². The van der Waals surface area contributed by atoms with Crippen LogP contribution in [0.5, 0.6) is 0 Å². The lowest BCUT2D eigenvalue weighted by atomic mass is 10.2. The van der Waals surface area contributed by atoms with E-state index in [-0.39, 0.29) is 0 Å². The largest absolute Gasteiger partial charge is 0.393 e. The SMILES string of the molecule is Cc1ccccc1Nc1ncnc(Nc2ccc(Cl)c(Cl)c2)c1N. The molecule has 0 saturated carbocycles. The Morgan fingerprint density at radius 3 is 2.33 bits per heavy atom. The van der Waals surface area contributed by atoms with E-state index in [0.717, 1.165) is 16.9 Å². The highest BCUT2D eigenvalue weighted by Crippen LogP contribution is 2.31. The summed E-state index contributed by atoms with van der Waals surface area (Å²) >= 11 is 12.0. The summed E-state index contributed by atoms with van der Waals surface area (Å²) in [7, 11) is 0. The highest BCUT2D eigenvalue weighted by atomic mass is 35.5. The van der Waals surface area contributed by atoms with Gasteiger partial charge in [0.25, 0.3) is 0 Å². The average Bonchev–Trinajstić information content (AvgIpc) is 2.57. The Balaban J connectivity index is 1.88. The van der Waals surface area contributed by atoms with Crippen molar-refractivity contribution in [2.24, 2.45) is 0 Å². The van der Waals surface area contributed by atoms with Crippen molar-refractivity contribution >= 4 is 51.9 Å². The Morgan fingerprint density at radius 2 is 1.62 bits per heavy atom. The lowest BCUT2D eigenvalue weighted by Crippen LogP contribution is -2.05. The maximum absolute atomic E-state index is 6.19. The van der Waals surface area contributed by atoms with Crippen LogP contribution in [0.2, 0.25) is 10.0 Å². The lowest BCUT2D eigenvalue weighted by molar-refractivity contribution is 1.17. The van der Waals surface area contributed by atoms with E-state index >= 15 is 0 Å². The van der Waals surface area contributed by atoms with Gasteiger partial charge in [0.1, 0.15) is 12.0 Å². The van der Waals surface area contributed by atoms with Crippen LogP contribution in [-0.2, 0) is 0 Å². The molecule has 0 aliphatic rings. The van der Waals surface area contributed by atoms with E-state index in [4.69, 9.17) is 28.9 Å². The van der Waals surface area contributed by atoms with Crippen LogP contribution in [0.25, 0.3) is 0 Å². The summed E-state index contributed by atoms with van der Waals surface area (Å²) in [5.74, 6) is 1.02. The third-order valence-electron chi connectivity index (χ3n) is 3.46. The highest BCUT2D eigenvalue weighted by molar-refractivity contribution is 6.42. The van der Waals surface area contributed by atoms with Crippen molar-refractivity contribution in [3.63, 3.8) is 0 Å². The lowest BCUT2D eigenvalue weighted by Gasteiger charge is -2.14. The number of hydrogen-bond donors (Lipinski definition) is 3. The molecule has 0 amide bonds. The number of halogens is 2. The Kier molecular flexibility index (Phi) is 4.74. The molecular weight excluding hydrogens is 345 g/mol. The van der Waals surface area contributed by atoms with Gasteiger partial charge in [0.2, 0.25) is 0 Å². The molecule has 0 aliphatic heterocycles. The second-order valence-electron chi connectivity index (χ2n) is 5.18. The summed E-state index contributed by atoms with van der Waals surface area (Å²) in [5, 5.41) is 7.28. The molecule has 5 nitrogen and oxygen atoms in total. The second-order valence-corrected chi connectivity index (χ2v) is 5.99. The predicted molar refractivity (Wildman–Crippen MR) is 101 cm³/mol. The van der Waals surface area contributed by atoms with Crippen molar-refractivity contribution in [1.82, 2.24) is 9.97 Å². The minimum atomic E-state index is 0.409. The van der Waals surface area contributed by atoms with Crippen molar-refractivity contribution in [1.29, 1.82) is 0 Å². The van der Waals surface area contributed by atoms with Crippen molar-refractivity contribution in [3.8, 4) is 0 Å². The number of para-hydroxylation sites is 1. The molecule has 0 aliphatic carbocycles. The summed E-state index contributed by atoms with van der Waals surface area (Å²) in [6.45, 7) is 2.01. The molecule has 0 saturated heterocycles. The first kappa shape index (κ1) is 16.4. The van der Waals surface area contributed by atoms with Crippen LogP contribution in [0, 0.1) is 6.92 Å². The molecule has 0 unspecified atom stereocenters. The Bertz CT molecular complexity index is 883. The maximum atomic E-state index is 6.19. The first-order valence-corrected chi connectivity index (χ1v) is 7.95. The summed E-state index contributed by atoms with van der Waals surface area (Å²) in [6, 6.07) is 13.1. The zero-order chi connectivity index (χ0) is 17.1. The summed E-state index contributed by atoms with van der Waals surface area (Å²) in [5.41, 5.74) is 9.36. The molecule has 0 fully saturated rings. The smallest absolute Gasteiger partial charge is 0.159 e. The van der Waals surface area contributed by atoms with Crippen molar-refractivity contribution in [3.05, 3.63) is 64.4 Å². The third kappa shape index (κ3) is 3.53. The van der Waals surface area contributed by atoms with Gasteiger partial charge >= 0.3 is 0 Å². The minimum absolute atomic E-state index is 0.409. The number of nitrogen functional groups attached to an aromatic ring is 1. The molecule has 4 N–H and O–H groups in total. The van der Waals surface area contributed by atoms with Crippen LogP contribution < -0.4 is 16.4 Å². The average molecular weight is 360 g/mol. The molecule has 3 rings (SSSR count). The molecule has 122 valence electrons. The molecule has 0 atom stereocenters. The molecule has 24 heavy (non-hydrogen) atoms. The van der Waals surface area contributed by atoms with E-state index in [9.17, 15) is 0 Å². The fourth-order valence-corrected chi connectivity index (χ4v) is 2.44. The maximum Gasteiger partial charge on any atom is 0.159 e. The normalized spacial score (nSPS) is 10.5. The molecule has 3 aromatic rings. The zero-order valence-corrected chi connectivity index (χ0v) is 14.4. The van der Waals surface area contributed by atoms with Gasteiger partial charge in [-0.25, -0.2) is 9.97 Å². The monoisotopic (exact) mass is 359 g/mol. The molecular formula is C17H15Cl2N5. The topological polar surface area (TPSA) is 75.9 Å². The number of rotatable bonds is 4. The number of anilines is 5. The predicted octanol–water partition coefficient (Wildman–Crippen LogP) is 5.16. The van der Waals surface area contributed by atoms with Crippen LogP contribution in [0.15, 0.2) is 48.8 Å². The van der Waals surface area contributed by atoms with E-state index in [1.165, 1.54) is 6.33 Å². The molecule has 0 bridgehead atoms. The number of aryl methyl sites for hydroxylation is 1. The third-order valence-corrected chi connectivity index (χ3v) is 4.20. The van der Waals surface area contributed by atoms with Gasteiger partial charge in [0.05, 0.1) is 10.0 Å². The van der Waals surface area contributed by atoms with Crippen LogP contribution in [0.1, 0.15) is 5.56 Å². The molecule has 2 aromatic carbocycles. The van der Waals surface area contributed by atoms with Gasteiger partial charge in [0, 0.05) is 11.4 Å². The molecule has 1 heterocycles. The van der Waals surface area contributed by atoms with Gasteiger partial charge in [-0.3, -0.25) is 0 Å². The number of benzene rings is 2. The molecule has 7 heteroatoms. The first-order valence-electron chi connectivity index (χ1n) is 7.20. The number of nitrogens with zero attached hydrogens (tertiary/aromatic N) is 2. The van der Waals surface area contributed by atoms with Crippen molar-refractivity contribution < 1.29 is 0 Å². The molecule has 0 radical (unpaired) electrons. The molecule has 1 aromatic heterocycles. The van der Waals surface area contributed by atoms with Gasteiger partial charge in [-0.05, 0) is 36.8 Å². The van der Waals surface area contributed by atoms with Gasteiger partial charge in [-0.15, -0.1) is 0 Å². The summed E-state index contributed by atoms with van der Waals surface area (Å²) in [6.07, 6.45) is 1.44. The Labute approximate surface area is 149 Å². The number of nitrogens with one attached hydrogen (secondary N) is 2. The number of hydrogen-bond acceptors (Lipinski definition) is 5. The van der Waals surface area contributed by atoms with E-state index < -0.39 is 0 Å². The van der Waals surface area contributed by atoms with Gasteiger partial charge in [-0.1, -0.05) is 41.4 Å². The van der Waals surface area contributed by atoms with Crippen LogP contribution in [0.3, 0.4) is 0 Å². The van der Waals surface area contributed by atoms with E-state index in [2.05, 4.69) is 20.6 Å². The highest BCUT2D eigenvalue weighted by Gasteiger charge is 2.10. The van der Waals surface area contributed by atoms with Gasteiger partial charge in [-0.2, -0.15) is 0 Å². The minimum Gasteiger partial charge on any atom is -0.393 e. The Morgan fingerprint density at radius 1 is 0.917 bits per heavy atom. The fourth-order valence-electron chi connectivity index (χ4n) is 2.15. The summed E-state index contributed by atoms with van der Waals surface area (Å²) < 4.78 is 0. The van der Waals surface area contributed by atoms with Crippen molar-refractivity contribution in [2.75, 3.05) is 16.4 Å². The van der Waals surface area contributed by atoms with E-state index in [0.29, 0.717) is 27.4 Å². The zero-order valence-electron chi connectivity index (χ0n) is 12.8. The van der Waals surface area contributed by atoms with Gasteiger partial charge in [0.15, 0.2) is 11.6 Å². The first-order chi connectivity index (χ1) is 11.5. The summed E-state index contributed by atoms with van der Waals surface area (Å²) in [4.78, 5) is 8.40. The van der Waals surface area contributed by atoms with Crippen LogP contribution in [0.4, 0.5) is 28.7 Å². The van der Waals surface area contributed by atoms with Crippen LogP contribution >= 0.6 is 23.2 Å². The number of nitrogens with two attached hydrogens (primary N) is 1. The van der Waals surface area contributed by atoms with Gasteiger partial charge < -0.3 is 16.4 Å². The Hall–Kier alpha value is -2.50.